The summed E-state index contributed by atoms with van der Waals surface area (Å²) < 4.78 is 11.4. The van der Waals surface area contributed by atoms with Crippen LogP contribution in [0.5, 0.6) is 0 Å². The van der Waals surface area contributed by atoms with Gasteiger partial charge in [-0.15, -0.1) is 0 Å². The molecular weight excluding hydrogens is 280 g/mol. The first-order valence-corrected chi connectivity index (χ1v) is 7.13. The third-order valence-corrected chi connectivity index (χ3v) is 3.48. The smallest absolute Gasteiger partial charge is 0.245 e. The van der Waals surface area contributed by atoms with Gasteiger partial charge in [0.1, 0.15) is 23.4 Å². The Bertz CT molecular complexity index is 922. The van der Waals surface area contributed by atoms with E-state index in [1.165, 1.54) is 6.33 Å². The second-order valence-corrected chi connectivity index (χ2v) is 5.53. The molecule has 110 valence electrons. The highest BCUT2D eigenvalue weighted by Crippen LogP contribution is 2.23. The fraction of sp³-hybridized carbons (Fsp3) is 0.250. The van der Waals surface area contributed by atoms with Crippen molar-refractivity contribution >= 4 is 22.3 Å². The minimum absolute atomic E-state index is 0.313. The Morgan fingerprint density at radius 1 is 1.05 bits per heavy atom. The van der Waals surface area contributed by atoms with Gasteiger partial charge >= 0.3 is 0 Å². The monoisotopic (exact) mass is 294 g/mol. The van der Waals surface area contributed by atoms with Crippen LogP contribution >= 0.6 is 0 Å². The SMILES string of the molecule is CC(C)c1cc2ncc(Cc3cc4cncnc4o3)nc2o1. The molecule has 0 N–H and O–H groups in total. The third kappa shape index (κ3) is 2.22. The minimum atomic E-state index is 0.313. The van der Waals surface area contributed by atoms with Gasteiger partial charge in [-0.25, -0.2) is 19.9 Å². The summed E-state index contributed by atoms with van der Waals surface area (Å²) in [5.41, 5.74) is 2.73. The van der Waals surface area contributed by atoms with Gasteiger partial charge < -0.3 is 8.83 Å². The first-order valence-electron chi connectivity index (χ1n) is 7.13. The van der Waals surface area contributed by atoms with E-state index >= 15 is 0 Å². The molecule has 0 unspecified atom stereocenters. The van der Waals surface area contributed by atoms with Gasteiger partial charge in [-0.2, -0.15) is 0 Å². The van der Waals surface area contributed by atoms with Crippen LogP contribution in [0.25, 0.3) is 22.3 Å². The van der Waals surface area contributed by atoms with Crippen molar-refractivity contribution in [3.63, 3.8) is 0 Å². The second kappa shape index (κ2) is 4.91. The van der Waals surface area contributed by atoms with E-state index in [0.717, 1.165) is 28.1 Å². The van der Waals surface area contributed by atoms with E-state index in [2.05, 4.69) is 33.8 Å². The van der Waals surface area contributed by atoms with Crippen molar-refractivity contribution in [2.75, 3.05) is 0 Å². The molecule has 0 atom stereocenters. The maximum Gasteiger partial charge on any atom is 0.245 e. The number of nitrogens with zero attached hydrogens (tertiary/aromatic N) is 4. The van der Waals surface area contributed by atoms with E-state index in [9.17, 15) is 0 Å². The molecule has 0 aliphatic carbocycles. The molecule has 0 saturated carbocycles. The Kier molecular flexibility index (Phi) is 2.89. The van der Waals surface area contributed by atoms with Crippen molar-refractivity contribution in [2.24, 2.45) is 0 Å². The van der Waals surface area contributed by atoms with Crippen LogP contribution in [-0.2, 0) is 6.42 Å². The molecule has 0 saturated heterocycles. The molecular formula is C16H14N4O2. The molecule has 4 aromatic rings. The molecule has 22 heavy (non-hydrogen) atoms. The summed E-state index contributed by atoms with van der Waals surface area (Å²) in [6.45, 7) is 4.15. The highest BCUT2D eigenvalue weighted by molar-refractivity contribution is 5.72. The van der Waals surface area contributed by atoms with Gasteiger partial charge in [-0.05, 0) is 6.07 Å². The molecule has 0 aliphatic heterocycles. The Labute approximate surface area is 126 Å². The Morgan fingerprint density at radius 2 is 1.95 bits per heavy atom. The lowest BCUT2D eigenvalue weighted by atomic mass is 10.2. The zero-order valence-corrected chi connectivity index (χ0v) is 12.3. The molecule has 0 amide bonds. The number of hydrogen-bond acceptors (Lipinski definition) is 6. The number of hydrogen-bond donors (Lipinski definition) is 0. The normalized spacial score (nSPS) is 11.8. The third-order valence-electron chi connectivity index (χ3n) is 3.48. The average Bonchev–Trinajstić information content (AvgIpc) is 3.09. The number of rotatable bonds is 3. The van der Waals surface area contributed by atoms with Crippen LogP contribution < -0.4 is 0 Å². The Hall–Kier alpha value is -2.76. The largest absolute Gasteiger partial charge is 0.442 e. The van der Waals surface area contributed by atoms with E-state index in [-0.39, 0.29) is 0 Å². The summed E-state index contributed by atoms with van der Waals surface area (Å²) in [5, 5.41) is 0.881. The fourth-order valence-electron chi connectivity index (χ4n) is 2.34. The van der Waals surface area contributed by atoms with Gasteiger partial charge in [0.15, 0.2) is 0 Å². The highest BCUT2D eigenvalue weighted by Gasteiger charge is 2.12. The van der Waals surface area contributed by atoms with Crippen LogP contribution in [0.2, 0.25) is 0 Å². The van der Waals surface area contributed by atoms with Crippen molar-refractivity contribution in [3.05, 3.63) is 48.1 Å². The predicted molar refractivity (Wildman–Crippen MR) is 80.5 cm³/mol. The Balaban J connectivity index is 1.68. The predicted octanol–water partition coefficient (Wildman–Crippen LogP) is 3.47. The number of fused-ring (bicyclic) bond motifs is 2. The maximum absolute atomic E-state index is 5.74. The number of aromatic nitrogens is 4. The zero-order valence-electron chi connectivity index (χ0n) is 12.3. The van der Waals surface area contributed by atoms with Crippen LogP contribution in [0, 0.1) is 0 Å². The molecule has 0 bridgehead atoms. The van der Waals surface area contributed by atoms with Gasteiger partial charge in [0, 0.05) is 30.8 Å². The fourth-order valence-corrected chi connectivity index (χ4v) is 2.34. The van der Waals surface area contributed by atoms with Crippen LogP contribution in [0.15, 0.2) is 39.7 Å². The quantitative estimate of drug-likeness (QED) is 0.575. The van der Waals surface area contributed by atoms with Crippen molar-refractivity contribution < 1.29 is 8.83 Å². The Morgan fingerprint density at radius 3 is 2.77 bits per heavy atom. The lowest BCUT2D eigenvalue weighted by Gasteiger charge is -1.97. The standard InChI is InChI=1S/C16H14N4O2/c1-9(2)14-5-13-16(22-14)20-11(7-18-13)4-12-3-10-6-17-8-19-15(10)21-12/h3,5-9H,4H2,1-2H3. The minimum Gasteiger partial charge on any atom is -0.442 e. The van der Waals surface area contributed by atoms with Crippen molar-refractivity contribution in [1.29, 1.82) is 0 Å². The van der Waals surface area contributed by atoms with E-state index in [0.29, 0.717) is 23.8 Å². The first-order chi connectivity index (χ1) is 10.7. The molecule has 0 aliphatic rings. The molecule has 4 aromatic heterocycles. The van der Waals surface area contributed by atoms with Gasteiger partial charge in [0.05, 0.1) is 11.1 Å². The summed E-state index contributed by atoms with van der Waals surface area (Å²) in [6.07, 6.45) is 5.49. The van der Waals surface area contributed by atoms with E-state index < -0.39 is 0 Å². The lowest BCUT2D eigenvalue weighted by molar-refractivity contribution is 0.511. The van der Waals surface area contributed by atoms with Gasteiger partial charge in [0.2, 0.25) is 11.4 Å². The summed E-state index contributed by atoms with van der Waals surface area (Å²) in [5.74, 6) is 1.99. The van der Waals surface area contributed by atoms with E-state index in [4.69, 9.17) is 8.83 Å². The van der Waals surface area contributed by atoms with Crippen LogP contribution in [0.3, 0.4) is 0 Å². The molecule has 0 aromatic carbocycles. The van der Waals surface area contributed by atoms with Gasteiger partial charge in [-0.1, -0.05) is 13.8 Å². The van der Waals surface area contributed by atoms with Crippen LogP contribution in [-0.4, -0.2) is 19.9 Å². The molecule has 0 radical (unpaired) electrons. The molecule has 0 spiro atoms. The molecule has 6 heteroatoms. The van der Waals surface area contributed by atoms with E-state index in [1.807, 2.05) is 12.1 Å². The van der Waals surface area contributed by atoms with Crippen molar-refractivity contribution in [3.8, 4) is 0 Å². The van der Waals surface area contributed by atoms with E-state index in [1.54, 1.807) is 12.4 Å². The summed E-state index contributed by atoms with van der Waals surface area (Å²) >= 11 is 0. The molecule has 4 rings (SSSR count). The van der Waals surface area contributed by atoms with Crippen LogP contribution in [0.1, 0.15) is 37.0 Å². The molecule has 0 fully saturated rings. The summed E-state index contributed by atoms with van der Waals surface area (Å²) in [4.78, 5) is 17.0. The maximum atomic E-state index is 5.74. The lowest BCUT2D eigenvalue weighted by Crippen LogP contribution is -1.92. The van der Waals surface area contributed by atoms with Gasteiger partial charge in [0.25, 0.3) is 0 Å². The molecule has 6 nitrogen and oxygen atoms in total. The molecule has 4 heterocycles. The summed E-state index contributed by atoms with van der Waals surface area (Å²) in [6, 6.07) is 3.86. The zero-order chi connectivity index (χ0) is 15.1. The average molecular weight is 294 g/mol. The van der Waals surface area contributed by atoms with Gasteiger partial charge in [-0.3, -0.25) is 0 Å². The van der Waals surface area contributed by atoms with Crippen molar-refractivity contribution in [1.82, 2.24) is 19.9 Å². The van der Waals surface area contributed by atoms with Crippen LogP contribution in [0.4, 0.5) is 0 Å². The second-order valence-electron chi connectivity index (χ2n) is 5.53. The topological polar surface area (TPSA) is 77.8 Å². The highest BCUT2D eigenvalue weighted by atomic mass is 16.3. The first kappa shape index (κ1) is 12.9. The number of furan rings is 2. The summed E-state index contributed by atoms with van der Waals surface area (Å²) in [7, 11) is 0. The van der Waals surface area contributed by atoms with Crippen molar-refractivity contribution in [2.45, 2.75) is 26.2 Å².